The van der Waals surface area contributed by atoms with Gasteiger partial charge in [0.05, 0.1) is 28.6 Å². The van der Waals surface area contributed by atoms with Gasteiger partial charge in [0.2, 0.25) is 18.2 Å². The zero-order chi connectivity index (χ0) is 24.4. The molecule has 1 aliphatic heterocycles. The van der Waals surface area contributed by atoms with E-state index in [1.54, 1.807) is 38.1 Å². The fourth-order valence-corrected chi connectivity index (χ4v) is 5.09. The molecule has 1 fully saturated rings. The number of imide groups is 1. The van der Waals surface area contributed by atoms with Crippen molar-refractivity contribution in [3.63, 3.8) is 0 Å². The minimum absolute atomic E-state index is 0.00374. The van der Waals surface area contributed by atoms with E-state index in [-0.39, 0.29) is 36.5 Å². The Morgan fingerprint density at radius 3 is 2.12 bits per heavy atom. The molecule has 2 aromatic rings. The van der Waals surface area contributed by atoms with Gasteiger partial charge < -0.3 is 0 Å². The highest BCUT2D eigenvalue weighted by Crippen LogP contribution is 2.32. The molecule has 3 rings (SSSR count). The Bertz CT molecular complexity index is 1150. The summed E-state index contributed by atoms with van der Waals surface area (Å²) in [6.45, 7) is 2.95. The maximum absolute atomic E-state index is 13.1. The number of carbonyl (C=O) groups is 3. The van der Waals surface area contributed by atoms with Crippen LogP contribution >= 0.6 is 0 Å². The average molecular weight is 477 g/mol. The largest absolute Gasteiger partial charge is 0.286 e. The van der Waals surface area contributed by atoms with E-state index in [2.05, 4.69) is 0 Å². The summed E-state index contributed by atoms with van der Waals surface area (Å²) in [6.07, 6.45) is -0.0660. The lowest BCUT2D eigenvalue weighted by Gasteiger charge is -2.27. The Morgan fingerprint density at radius 2 is 1.64 bits per heavy atom. The molecule has 0 spiro atoms. The van der Waals surface area contributed by atoms with Crippen molar-refractivity contribution in [2.45, 2.75) is 37.6 Å². The maximum Gasteiger partial charge on any atom is 0.235 e. The van der Waals surface area contributed by atoms with E-state index >= 15 is 0 Å². The first-order valence-electron chi connectivity index (χ1n) is 10.3. The summed E-state index contributed by atoms with van der Waals surface area (Å²) in [4.78, 5) is 36.8. The molecule has 1 saturated heterocycles. The van der Waals surface area contributed by atoms with Crippen molar-refractivity contribution in [1.82, 2.24) is 9.96 Å². The number of hydrogen-bond acceptors (Lipinski definition) is 6. The summed E-state index contributed by atoms with van der Waals surface area (Å²) in [5.41, 5.74) is 0.551. The van der Waals surface area contributed by atoms with Crippen LogP contribution in [0.5, 0.6) is 0 Å². The number of hydrogen-bond donors (Lipinski definition) is 1. The SMILES string of the molecule is CC1(C)CC(=O)N(CC(CCS(=O)(=O)c2ccc(-c3ccc(F)cc3)cc2)N(O)C=O)C1=O. The number of amides is 3. The topological polar surface area (TPSA) is 112 Å². The Kier molecular flexibility index (Phi) is 6.99. The van der Waals surface area contributed by atoms with E-state index in [1.165, 1.54) is 24.3 Å². The molecule has 0 aromatic heterocycles. The van der Waals surface area contributed by atoms with Crippen LogP contribution in [-0.4, -0.2) is 60.2 Å². The maximum atomic E-state index is 13.1. The standard InChI is InChI=1S/C23H25FN2O6S/c1-23(2)13-21(28)25(22(23)29)14-19(26(30)15-27)11-12-33(31,32)20-9-5-17(6-10-20)16-3-7-18(24)8-4-16/h3-10,15,19,30H,11-14H2,1-2H3. The van der Waals surface area contributed by atoms with E-state index in [0.717, 1.165) is 10.5 Å². The molecule has 1 heterocycles. The van der Waals surface area contributed by atoms with Gasteiger partial charge in [-0.1, -0.05) is 38.1 Å². The van der Waals surface area contributed by atoms with Crippen molar-refractivity contribution in [3.8, 4) is 11.1 Å². The first kappa shape index (κ1) is 24.5. The summed E-state index contributed by atoms with van der Waals surface area (Å²) < 4.78 is 38.7. The second kappa shape index (κ2) is 9.40. The quantitative estimate of drug-likeness (QED) is 0.258. The number of rotatable bonds is 9. The van der Waals surface area contributed by atoms with Crippen molar-refractivity contribution in [1.29, 1.82) is 0 Å². The first-order valence-corrected chi connectivity index (χ1v) is 12.0. The van der Waals surface area contributed by atoms with E-state index in [1.807, 2.05) is 0 Å². The number of hydroxylamine groups is 2. The highest BCUT2D eigenvalue weighted by molar-refractivity contribution is 7.91. The minimum atomic E-state index is -3.79. The second-order valence-electron chi connectivity index (χ2n) is 8.65. The van der Waals surface area contributed by atoms with E-state index in [9.17, 15) is 32.4 Å². The van der Waals surface area contributed by atoms with Gasteiger partial charge in [0.15, 0.2) is 9.84 Å². The van der Waals surface area contributed by atoms with Crippen LogP contribution in [0.1, 0.15) is 26.7 Å². The van der Waals surface area contributed by atoms with Gasteiger partial charge in [-0.15, -0.1) is 0 Å². The third kappa shape index (κ3) is 5.45. The molecule has 0 radical (unpaired) electrons. The van der Waals surface area contributed by atoms with Crippen molar-refractivity contribution in [3.05, 3.63) is 54.3 Å². The Hall–Kier alpha value is -3.11. The van der Waals surface area contributed by atoms with E-state index in [4.69, 9.17) is 0 Å². The fraction of sp³-hybridized carbons (Fsp3) is 0.348. The lowest BCUT2D eigenvalue weighted by molar-refractivity contribution is -0.165. The van der Waals surface area contributed by atoms with E-state index < -0.39 is 38.9 Å². The molecule has 1 atom stereocenters. The van der Waals surface area contributed by atoms with Gasteiger partial charge in [-0.3, -0.25) is 24.5 Å². The summed E-state index contributed by atoms with van der Waals surface area (Å²) in [5, 5.41) is 10.2. The average Bonchev–Trinajstić information content (AvgIpc) is 2.97. The molecule has 8 nitrogen and oxygen atoms in total. The van der Waals surface area contributed by atoms with Gasteiger partial charge >= 0.3 is 0 Å². The van der Waals surface area contributed by atoms with Crippen LogP contribution in [0, 0.1) is 11.2 Å². The van der Waals surface area contributed by atoms with Gasteiger partial charge in [-0.25, -0.2) is 17.9 Å². The summed E-state index contributed by atoms with van der Waals surface area (Å²) in [6, 6.07) is 10.8. The van der Waals surface area contributed by atoms with Crippen molar-refractivity contribution in [2.75, 3.05) is 12.3 Å². The molecule has 1 unspecified atom stereocenters. The van der Waals surface area contributed by atoms with Crippen LogP contribution in [0.15, 0.2) is 53.4 Å². The normalized spacial score (nSPS) is 16.7. The summed E-state index contributed by atoms with van der Waals surface area (Å²) >= 11 is 0. The number of carbonyl (C=O) groups excluding carboxylic acids is 3. The minimum Gasteiger partial charge on any atom is -0.286 e. The van der Waals surface area contributed by atoms with Crippen molar-refractivity contribution in [2.24, 2.45) is 5.41 Å². The molecular weight excluding hydrogens is 451 g/mol. The van der Waals surface area contributed by atoms with Crippen molar-refractivity contribution < 1.29 is 32.4 Å². The number of nitrogens with zero attached hydrogens (tertiary/aromatic N) is 2. The third-order valence-corrected chi connectivity index (χ3v) is 7.47. The zero-order valence-electron chi connectivity index (χ0n) is 18.3. The van der Waals surface area contributed by atoms with E-state index in [0.29, 0.717) is 10.6 Å². The third-order valence-electron chi connectivity index (χ3n) is 5.70. The zero-order valence-corrected chi connectivity index (χ0v) is 19.1. The highest BCUT2D eigenvalue weighted by atomic mass is 32.2. The van der Waals surface area contributed by atoms with Crippen LogP contribution in [0.25, 0.3) is 11.1 Å². The Balaban J connectivity index is 1.72. The number of likely N-dealkylation sites (tertiary alicyclic amines) is 1. The fourth-order valence-electron chi connectivity index (χ4n) is 3.72. The molecule has 0 aliphatic carbocycles. The van der Waals surface area contributed by atoms with Crippen LogP contribution in [-0.2, 0) is 24.2 Å². The molecule has 0 bridgehead atoms. The van der Waals surface area contributed by atoms with Gasteiger partial charge in [0, 0.05) is 6.42 Å². The Morgan fingerprint density at radius 1 is 1.09 bits per heavy atom. The molecule has 2 aromatic carbocycles. The molecule has 3 amide bonds. The van der Waals surface area contributed by atoms with Gasteiger partial charge in [0.1, 0.15) is 5.82 Å². The lowest BCUT2D eigenvalue weighted by atomic mass is 9.92. The first-order chi connectivity index (χ1) is 15.4. The molecule has 176 valence electrons. The van der Waals surface area contributed by atoms with Gasteiger partial charge in [-0.05, 0) is 41.8 Å². The molecule has 1 aliphatic rings. The molecule has 10 heteroatoms. The van der Waals surface area contributed by atoms with Gasteiger partial charge in [-0.2, -0.15) is 0 Å². The van der Waals surface area contributed by atoms with Crippen LogP contribution in [0.4, 0.5) is 4.39 Å². The monoisotopic (exact) mass is 476 g/mol. The number of sulfone groups is 1. The lowest BCUT2D eigenvalue weighted by Crippen LogP contribution is -2.45. The summed E-state index contributed by atoms with van der Waals surface area (Å²) in [5.74, 6) is -1.66. The molecule has 0 saturated carbocycles. The summed E-state index contributed by atoms with van der Waals surface area (Å²) in [7, 11) is -3.79. The molecular formula is C23H25FN2O6S. The van der Waals surface area contributed by atoms with Crippen LogP contribution in [0.3, 0.4) is 0 Å². The highest BCUT2D eigenvalue weighted by Gasteiger charge is 2.45. The van der Waals surface area contributed by atoms with Crippen LogP contribution < -0.4 is 0 Å². The predicted octanol–water partition coefficient (Wildman–Crippen LogP) is 2.66. The predicted molar refractivity (Wildman–Crippen MR) is 117 cm³/mol. The molecule has 1 N–H and O–H groups in total. The number of halogens is 1. The Labute approximate surface area is 191 Å². The van der Waals surface area contributed by atoms with Gasteiger partial charge in [0.25, 0.3) is 0 Å². The second-order valence-corrected chi connectivity index (χ2v) is 10.8. The number of benzene rings is 2. The molecule has 33 heavy (non-hydrogen) atoms. The van der Waals surface area contributed by atoms with Crippen LogP contribution in [0.2, 0.25) is 0 Å². The van der Waals surface area contributed by atoms with Crippen molar-refractivity contribution >= 4 is 28.1 Å². The smallest absolute Gasteiger partial charge is 0.235 e.